The van der Waals surface area contributed by atoms with Gasteiger partial charge in [-0.15, -0.1) is 0 Å². The van der Waals surface area contributed by atoms with Gasteiger partial charge in [-0.05, 0) is 37.6 Å². The predicted molar refractivity (Wildman–Crippen MR) is 89.5 cm³/mol. The van der Waals surface area contributed by atoms with Crippen molar-refractivity contribution in [1.82, 2.24) is 25.3 Å². The second-order valence-electron chi connectivity index (χ2n) is 6.18. The lowest BCUT2D eigenvalue weighted by molar-refractivity contribution is -0.122. The highest BCUT2D eigenvalue weighted by atomic mass is 16.5. The third-order valence-electron chi connectivity index (χ3n) is 3.98. The molecule has 0 saturated carbocycles. The van der Waals surface area contributed by atoms with Crippen molar-refractivity contribution in [3.63, 3.8) is 0 Å². The first-order valence-electron chi connectivity index (χ1n) is 8.49. The fraction of sp³-hybridized carbons (Fsp3) is 0.529. The van der Waals surface area contributed by atoms with Crippen LogP contribution in [0.3, 0.4) is 0 Å². The molecule has 1 aliphatic rings. The van der Waals surface area contributed by atoms with Crippen molar-refractivity contribution in [2.45, 2.75) is 31.9 Å². The van der Waals surface area contributed by atoms with Crippen LogP contribution in [-0.2, 0) is 22.5 Å². The van der Waals surface area contributed by atoms with Gasteiger partial charge >= 0.3 is 0 Å². The zero-order valence-electron chi connectivity index (χ0n) is 14.4. The molecule has 1 N–H and O–H groups in total. The molecular weight excluding hydrogens is 322 g/mol. The van der Waals surface area contributed by atoms with Gasteiger partial charge in [-0.2, -0.15) is 4.98 Å². The Kier molecular flexibility index (Phi) is 6.08. The molecule has 2 aromatic rings. The molecule has 1 atom stereocenters. The molecule has 1 amide bonds. The Morgan fingerprint density at radius 3 is 3.00 bits per heavy atom. The lowest BCUT2D eigenvalue weighted by Crippen LogP contribution is -2.35. The van der Waals surface area contributed by atoms with E-state index in [0.717, 1.165) is 25.0 Å². The Hall–Kier alpha value is -2.32. The standard InChI is InChI=1S/C17H23N5O3/c1-22(11-13-4-7-18-8-5-13)12-16(23)19-9-6-15-20-17(25-21-15)14-3-2-10-24-14/h4-5,7-8,14H,2-3,6,9-12H2,1H3,(H,19,23)/t14-/m0/s1. The largest absolute Gasteiger partial charge is 0.368 e. The van der Waals surface area contributed by atoms with Crippen molar-refractivity contribution in [2.24, 2.45) is 0 Å². The normalized spacial score (nSPS) is 17.1. The molecule has 0 radical (unpaired) electrons. The van der Waals surface area contributed by atoms with Gasteiger partial charge in [-0.25, -0.2) is 0 Å². The summed E-state index contributed by atoms with van der Waals surface area (Å²) in [5.74, 6) is 1.10. The monoisotopic (exact) mass is 345 g/mol. The number of likely N-dealkylation sites (N-methyl/N-ethyl adjacent to an activating group) is 1. The number of hydrogen-bond acceptors (Lipinski definition) is 7. The van der Waals surface area contributed by atoms with E-state index in [1.807, 2.05) is 24.1 Å². The summed E-state index contributed by atoms with van der Waals surface area (Å²) in [5.41, 5.74) is 1.12. The fourth-order valence-corrected chi connectivity index (χ4v) is 2.74. The number of carbonyl (C=O) groups excluding carboxylic acids is 1. The van der Waals surface area contributed by atoms with Crippen molar-refractivity contribution < 1.29 is 14.1 Å². The van der Waals surface area contributed by atoms with Crippen molar-refractivity contribution in [1.29, 1.82) is 0 Å². The van der Waals surface area contributed by atoms with Crippen LogP contribution in [-0.4, -0.2) is 52.7 Å². The highest BCUT2D eigenvalue weighted by Gasteiger charge is 2.23. The molecular formula is C17H23N5O3. The van der Waals surface area contributed by atoms with E-state index in [1.165, 1.54) is 0 Å². The van der Waals surface area contributed by atoms with Crippen molar-refractivity contribution >= 4 is 5.91 Å². The van der Waals surface area contributed by atoms with Crippen LogP contribution in [0.5, 0.6) is 0 Å². The number of nitrogens with one attached hydrogen (secondary N) is 1. The SMILES string of the molecule is CN(CC(=O)NCCc1noc([C@@H]2CCCO2)n1)Cc1ccncc1. The molecule has 0 bridgehead atoms. The van der Waals surface area contributed by atoms with Gasteiger partial charge in [0.15, 0.2) is 5.82 Å². The van der Waals surface area contributed by atoms with Crippen LogP contribution < -0.4 is 5.32 Å². The molecule has 0 unspecified atom stereocenters. The maximum absolute atomic E-state index is 12.0. The zero-order valence-corrected chi connectivity index (χ0v) is 14.4. The molecule has 1 saturated heterocycles. The lowest BCUT2D eigenvalue weighted by Gasteiger charge is -2.16. The number of ether oxygens (including phenoxy) is 1. The number of rotatable bonds is 8. The van der Waals surface area contributed by atoms with Crippen LogP contribution in [0.1, 0.15) is 36.2 Å². The van der Waals surface area contributed by atoms with E-state index in [1.54, 1.807) is 12.4 Å². The number of nitrogens with zero attached hydrogens (tertiary/aromatic N) is 4. The smallest absolute Gasteiger partial charge is 0.255 e. The number of aromatic nitrogens is 3. The fourth-order valence-electron chi connectivity index (χ4n) is 2.74. The Bertz CT molecular complexity index is 670. The van der Waals surface area contributed by atoms with E-state index in [2.05, 4.69) is 20.4 Å². The number of carbonyl (C=O) groups is 1. The highest BCUT2D eigenvalue weighted by Crippen LogP contribution is 2.26. The molecule has 134 valence electrons. The molecule has 8 nitrogen and oxygen atoms in total. The minimum absolute atomic E-state index is 0.0283. The molecule has 0 aromatic carbocycles. The Morgan fingerprint density at radius 2 is 2.24 bits per heavy atom. The minimum Gasteiger partial charge on any atom is -0.368 e. The average Bonchev–Trinajstić information content (AvgIpc) is 3.27. The van der Waals surface area contributed by atoms with Gasteiger partial charge in [0.2, 0.25) is 5.91 Å². The number of pyridine rings is 1. The second kappa shape index (κ2) is 8.68. The summed E-state index contributed by atoms with van der Waals surface area (Å²) >= 11 is 0. The quantitative estimate of drug-likeness (QED) is 0.766. The van der Waals surface area contributed by atoms with Crippen LogP contribution in [0.15, 0.2) is 29.0 Å². The second-order valence-corrected chi connectivity index (χ2v) is 6.18. The first-order chi connectivity index (χ1) is 12.2. The molecule has 0 aliphatic carbocycles. The van der Waals surface area contributed by atoms with Crippen molar-refractivity contribution in [3.8, 4) is 0 Å². The molecule has 1 fully saturated rings. The summed E-state index contributed by atoms with van der Waals surface area (Å²) in [5, 5.41) is 6.82. The van der Waals surface area contributed by atoms with E-state index >= 15 is 0 Å². The Labute approximate surface area is 146 Å². The van der Waals surface area contributed by atoms with Crippen molar-refractivity contribution in [3.05, 3.63) is 41.8 Å². The van der Waals surface area contributed by atoms with Crippen LogP contribution in [0.2, 0.25) is 0 Å². The summed E-state index contributed by atoms with van der Waals surface area (Å²) in [6.07, 6.45) is 5.90. The van der Waals surface area contributed by atoms with Gasteiger partial charge in [0.05, 0.1) is 6.54 Å². The molecule has 25 heavy (non-hydrogen) atoms. The third kappa shape index (κ3) is 5.33. The lowest BCUT2D eigenvalue weighted by atomic mass is 10.2. The molecule has 2 aromatic heterocycles. The Morgan fingerprint density at radius 1 is 1.40 bits per heavy atom. The maximum atomic E-state index is 12.0. The van der Waals surface area contributed by atoms with Gasteiger partial charge < -0.3 is 14.6 Å². The van der Waals surface area contributed by atoms with Gasteiger partial charge in [0.1, 0.15) is 6.10 Å². The van der Waals surface area contributed by atoms with E-state index in [-0.39, 0.29) is 12.0 Å². The summed E-state index contributed by atoms with van der Waals surface area (Å²) in [4.78, 5) is 22.3. The van der Waals surface area contributed by atoms with E-state index in [0.29, 0.717) is 37.8 Å². The summed E-state index contributed by atoms with van der Waals surface area (Å²) in [7, 11) is 1.91. The molecule has 8 heteroatoms. The maximum Gasteiger partial charge on any atom is 0.255 e. The molecule has 1 aliphatic heterocycles. The highest BCUT2D eigenvalue weighted by molar-refractivity contribution is 5.77. The molecule has 3 rings (SSSR count). The van der Waals surface area contributed by atoms with E-state index < -0.39 is 0 Å². The predicted octanol–water partition coefficient (Wildman–Crippen LogP) is 1.11. The van der Waals surface area contributed by atoms with Gasteiger partial charge in [0.25, 0.3) is 5.89 Å². The topological polar surface area (TPSA) is 93.4 Å². The third-order valence-corrected chi connectivity index (χ3v) is 3.98. The van der Waals surface area contributed by atoms with Gasteiger partial charge in [-0.3, -0.25) is 14.7 Å². The summed E-state index contributed by atoms with van der Waals surface area (Å²) < 4.78 is 10.7. The van der Waals surface area contributed by atoms with Crippen molar-refractivity contribution in [2.75, 3.05) is 26.7 Å². The number of amides is 1. The summed E-state index contributed by atoms with van der Waals surface area (Å²) in [6.45, 7) is 2.25. The van der Waals surface area contributed by atoms with Gasteiger partial charge in [0, 0.05) is 38.5 Å². The first-order valence-corrected chi connectivity index (χ1v) is 8.49. The van der Waals surface area contributed by atoms with Crippen LogP contribution in [0, 0.1) is 0 Å². The summed E-state index contributed by atoms with van der Waals surface area (Å²) in [6, 6.07) is 3.88. The molecule has 0 spiro atoms. The average molecular weight is 345 g/mol. The van der Waals surface area contributed by atoms with Crippen LogP contribution in [0.4, 0.5) is 0 Å². The van der Waals surface area contributed by atoms with Gasteiger partial charge in [-0.1, -0.05) is 5.16 Å². The zero-order chi connectivity index (χ0) is 17.5. The minimum atomic E-state index is -0.0716. The van der Waals surface area contributed by atoms with E-state index in [4.69, 9.17) is 9.26 Å². The number of hydrogen-bond donors (Lipinski definition) is 1. The van der Waals surface area contributed by atoms with Crippen LogP contribution >= 0.6 is 0 Å². The molecule has 3 heterocycles. The first kappa shape index (κ1) is 17.5. The van der Waals surface area contributed by atoms with Crippen LogP contribution in [0.25, 0.3) is 0 Å². The Balaban J connectivity index is 1.36. The van der Waals surface area contributed by atoms with E-state index in [9.17, 15) is 4.79 Å².